The maximum atomic E-state index is 12.4. The Morgan fingerprint density at radius 3 is 2.37 bits per heavy atom. The summed E-state index contributed by atoms with van der Waals surface area (Å²) in [7, 11) is 0. The third kappa shape index (κ3) is 3.66. The molecule has 1 aliphatic rings. The van der Waals surface area contributed by atoms with E-state index in [4.69, 9.17) is 18.0 Å². The lowest BCUT2D eigenvalue weighted by atomic mass is 9.62. The van der Waals surface area contributed by atoms with Crippen molar-refractivity contribution >= 4 is 23.1 Å². The first-order chi connectivity index (χ1) is 8.85. The lowest BCUT2D eigenvalue weighted by Gasteiger charge is -2.44. The molecule has 0 saturated heterocycles. The zero-order chi connectivity index (χ0) is 14.6. The van der Waals surface area contributed by atoms with Crippen molar-refractivity contribution in [2.45, 2.75) is 46.6 Å². The number of thiocarbonyl (C=S) groups is 1. The highest BCUT2D eigenvalue weighted by molar-refractivity contribution is 7.80. The Morgan fingerprint density at radius 2 is 2.00 bits per heavy atom. The normalized spacial score (nSPS) is 27.7. The van der Waals surface area contributed by atoms with E-state index in [2.05, 4.69) is 31.0 Å². The van der Waals surface area contributed by atoms with E-state index in [-0.39, 0.29) is 11.9 Å². The fourth-order valence-corrected chi connectivity index (χ4v) is 3.16. The second-order valence-corrected chi connectivity index (χ2v) is 6.26. The van der Waals surface area contributed by atoms with Gasteiger partial charge in [-0.3, -0.25) is 4.79 Å². The molecule has 1 atom stereocenters. The Labute approximate surface area is 122 Å². The quantitative estimate of drug-likeness (QED) is 0.697. The standard InChI is InChI=1S/C14H27N3OS/c1-5-17(6-2)9-11(4)16-13(18)14(12(15)19)7-10(3)8-14/h10-11H,5-9H2,1-4H3,(H2,15,19)(H,16,18). The molecule has 1 fully saturated rings. The lowest BCUT2D eigenvalue weighted by Crippen LogP contribution is -2.58. The molecule has 5 heteroatoms. The van der Waals surface area contributed by atoms with Gasteiger partial charge in [0.1, 0.15) is 0 Å². The van der Waals surface area contributed by atoms with Gasteiger partial charge < -0.3 is 16.0 Å². The monoisotopic (exact) mass is 285 g/mol. The molecule has 1 saturated carbocycles. The summed E-state index contributed by atoms with van der Waals surface area (Å²) in [6.07, 6.45) is 1.57. The fourth-order valence-electron chi connectivity index (χ4n) is 2.91. The van der Waals surface area contributed by atoms with Gasteiger partial charge in [0.25, 0.3) is 0 Å². The van der Waals surface area contributed by atoms with Gasteiger partial charge in [-0.1, -0.05) is 33.0 Å². The van der Waals surface area contributed by atoms with Crippen LogP contribution in [0.15, 0.2) is 0 Å². The Kier molecular flexibility index (Phi) is 5.74. The van der Waals surface area contributed by atoms with Crippen molar-refractivity contribution in [1.29, 1.82) is 0 Å². The smallest absolute Gasteiger partial charge is 0.233 e. The van der Waals surface area contributed by atoms with Crippen LogP contribution < -0.4 is 11.1 Å². The van der Waals surface area contributed by atoms with Crippen molar-refractivity contribution in [2.75, 3.05) is 19.6 Å². The second-order valence-electron chi connectivity index (χ2n) is 5.82. The molecule has 4 nitrogen and oxygen atoms in total. The number of likely N-dealkylation sites (N-methyl/N-ethyl adjacent to an activating group) is 1. The number of nitrogens with one attached hydrogen (secondary N) is 1. The number of hydrogen-bond acceptors (Lipinski definition) is 3. The van der Waals surface area contributed by atoms with Gasteiger partial charge in [0, 0.05) is 12.6 Å². The highest BCUT2D eigenvalue weighted by Gasteiger charge is 2.51. The highest BCUT2D eigenvalue weighted by Crippen LogP contribution is 2.46. The molecule has 1 unspecified atom stereocenters. The van der Waals surface area contributed by atoms with Crippen LogP contribution in [0.4, 0.5) is 0 Å². The average Bonchev–Trinajstić information content (AvgIpc) is 2.30. The molecule has 19 heavy (non-hydrogen) atoms. The summed E-state index contributed by atoms with van der Waals surface area (Å²) in [4.78, 5) is 15.0. The third-order valence-electron chi connectivity index (χ3n) is 4.10. The predicted molar refractivity (Wildman–Crippen MR) is 83.0 cm³/mol. The van der Waals surface area contributed by atoms with Crippen LogP contribution in [0.1, 0.15) is 40.5 Å². The number of hydrogen-bond donors (Lipinski definition) is 2. The van der Waals surface area contributed by atoms with Gasteiger partial charge in [0.05, 0.1) is 10.4 Å². The molecule has 0 bridgehead atoms. The zero-order valence-corrected chi connectivity index (χ0v) is 13.3. The van der Waals surface area contributed by atoms with Crippen molar-refractivity contribution in [1.82, 2.24) is 10.2 Å². The molecular weight excluding hydrogens is 258 g/mol. The largest absolute Gasteiger partial charge is 0.392 e. The van der Waals surface area contributed by atoms with Crippen LogP contribution in [0.2, 0.25) is 0 Å². The predicted octanol–water partition coefficient (Wildman–Crippen LogP) is 1.54. The summed E-state index contributed by atoms with van der Waals surface area (Å²) in [6.45, 7) is 11.3. The van der Waals surface area contributed by atoms with Gasteiger partial charge in [-0.05, 0) is 38.8 Å². The molecule has 3 N–H and O–H groups in total. The minimum absolute atomic E-state index is 0.0118. The minimum atomic E-state index is -0.591. The van der Waals surface area contributed by atoms with Crippen molar-refractivity contribution in [3.63, 3.8) is 0 Å². The molecule has 1 rings (SSSR count). The molecule has 110 valence electrons. The van der Waals surface area contributed by atoms with Gasteiger partial charge in [0.2, 0.25) is 5.91 Å². The summed E-state index contributed by atoms with van der Waals surface area (Å²) >= 11 is 5.10. The zero-order valence-electron chi connectivity index (χ0n) is 12.5. The van der Waals surface area contributed by atoms with E-state index >= 15 is 0 Å². The van der Waals surface area contributed by atoms with Crippen molar-refractivity contribution in [3.8, 4) is 0 Å². The van der Waals surface area contributed by atoms with Crippen molar-refractivity contribution in [2.24, 2.45) is 17.1 Å². The van der Waals surface area contributed by atoms with Crippen LogP contribution >= 0.6 is 12.2 Å². The van der Waals surface area contributed by atoms with Crippen LogP contribution in [-0.2, 0) is 4.79 Å². The average molecular weight is 285 g/mol. The number of amides is 1. The Morgan fingerprint density at radius 1 is 1.47 bits per heavy atom. The second kappa shape index (κ2) is 6.66. The van der Waals surface area contributed by atoms with E-state index in [0.717, 1.165) is 32.5 Å². The molecule has 0 heterocycles. The molecule has 1 amide bonds. The summed E-state index contributed by atoms with van der Waals surface area (Å²) in [5.74, 6) is 0.545. The molecule has 0 aromatic carbocycles. The van der Waals surface area contributed by atoms with Crippen molar-refractivity contribution in [3.05, 3.63) is 0 Å². The minimum Gasteiger partial charge on any atom is -0.392 e. The Balaban J connectivity index is 2.56. The molecule has 0 aliphatic heterocycles. The van der Waals surface area contributed by atoms with E-state index in [9.17, 15) is 4.79 Å². The van der Waals surface area contributed by atoms with Gasteiger partial charge in [0.15, 0.2) is 0 Å². The fraction of sp³-hybridized carbons (Fsp3) is 0.857. The van der Waals surface area contributed by atoms with Gasteiger partial charge in [-0.15, -0.1) is 0 Å². The summed E-state index contributed by atoms with van der Waals surface area (Å²) < 4.78 is 0. The number of nitrogens with two attached hydrogens (primary N) is 1. The highest BCUT2D eigenvalue weighted by atomic mass is 32.1. The van der Waals surface area contributed by atoms with E-state index in [1.165, 1.54) is 0 Å². The lowest BCUT2D eigenvalue weighted by molar-refractivity contribution is -0.133. The van der Waals surface area contributed by atoms with Crippen molar-refractivity contribution < 1.29 is 4.79 Å². The Bertz CT molecular complexity index is 336. The molecule has 1 aliphatic carbocycles. The first-order valence-corrected chi connectivity index (χ1v) is 7.59. The molecule has 0 aromatic heterocycles. The number of nitrogens with zero attached hydrogens (tertiary/aromatic N) is 1. The number of carbonyl (C=O) groups excluding carboxylic acids is 1. The van der Waals surface area contributed by atoms with Crippen LogP contribution in [0.5, 0.6) is 0 Å². The van der Waals surface area contributed by atoms with E-state index < -0.39 is 5.41 Å². The van der Waals surface area contributed by atoms with E-state index in [0.29, 0.717) is 10.9 Å². The summed E-state index contributed by atoms with van der Waals surface area (Å²) in [6, 6.07) is 0.120. The summed E-state index contributed by atoms with van der Waals surface area (Å²) in [5, 5.41) is 3.08. The first kappa shape index (κ1) is 16.4. The summed E-state index contributed by atoms with van der Waals surface area (Å²) in [5.41, 5.74) is 5.19. The van der Waals surface area contributed by atoms with E-state index in [1.54, 1.807) is 0 Å². The molecule has 0 aromatic rings. The maximum Gasteiger partial charge on any atom is 0.233 e. The van der Waals surface area contributed by atoms with Gasteiger partial charge in [-0.25, -0.2) is 0 Å². The topological polar surface area (TPSA) is 58.4 Å². The maximum absolute atomic E-state index is 12.4. The molecule has 0 radical (unpaired) electrons. The Hall–Kier alpha value is -0.680. The van der Waals surface area contributed by atoms with Crippen LogP contribution in [0, 0.1) is 11.3 Å². The van der Waals surface area contributed by atoms with Gasteiger partial charge >= 0.3 is 0 Å². The van der Waals surface area contributed by atoms with Gasteiger partial charge in [-0.2, -0.15) is 0 Å². The van der Waals surface area contributed by atoms with Crippen LogP contribution in [0.3, 0.4) is 0 Å². The SMILES string of the molecule is CCN(CC)CC(C)NC(=O)C1(C(N)=S)CC(C)C1. The molecule has 0 spiro atoms. The third-order valence-corrected chi connectivity index (χ3v) is 4.49. The number of rotatable bonds is 7. The first-order valence-electron chi connectivity index (χ1n) is 7.19. The molecular formula is C14H27N3OS. The van der Waals surface area contributed by atoms with Crippen LogP contribution in [-0.4, -0.2) is 41.5 Å². The van der Waals surface area contributed by atoms with E-state index in [1.807, 2.05) is 6.92 Å². The van der Waals surface area contributed by atoms with Crippen LogP contribution in [0.25, 0.3) is 0 Å². The number of carbonyl (C=O) groups is 1.